The third-order valence-electron chi connectivity index (χ3n) is 4.41. The molecule has 0 unspecified atom stereocenters. The van der Waals surface area contributed by atoms with Crippen LogP contribution in [0.5, 0.6) is 0 Å². The van der Waals surface area contributed by atoms with Gasteiger partial charge < -0.3 is 5.32 Å². The number of sulfonamides is 1. The largest absolute Gasteiger partial charge is 0.322 e. The molecule has 0 heterocycles. The molecular weight excluding hydrogens is 360 g/mol. The maximum atomic E-state index is 12.7. The second-order valence-electron chi connectivity index (χ2n) is 5.95. The van der Waals surface area contributed by atoms with Crippen LogP contribution in [0, 0.1) is 0 Å². The Bertz CT molecular complexity index is 926. The molecule has 0 aromatic heterocycles. The molecule has 0 aliphatic heterocycles. The molecule has 2 N–H and O–H groups in total. The number of benzene rings is 2. The topological polar surface area (TPSA) is 75.3 Å². The number of carbonyl (C=O) groups is 1. The van der Waals surface area contributed by atoms with E-state index < -0.39 is 15.9 Å². The summed E-state index contributed by atoms with van der Waals surface area (Å²) in [6.07, 6.45) is 4.18. The van der Waals surface area contributed by atoms with Gasteiger partial charge in [0.2, 0.25) is 10.0 Å². The fraction of sp³-hybridized carbons (Fsp3) is 0.278. The van der Waals surface area contributed by atoms with Crippen molar-refractivity contribution in [1.82, 2.24) is 4.72 Å². The van der Waals surface area contributed by atoms with Crippen molar-refractivity contribution in [1.29, 1.82) is 0 Å². The van der Waals surface area contributed by atoms with E-state index >= 15 is 0 Å². The van der Waals surface area contributed by atoms with E-state index in [0.717, 1.165) is 36.9 Å². The van der Waals surface area contributed by atoms with E-state index in [0.29, 0.717) is 0 Å². The fourth-order valence-electron chi connectivity index (χ4n) is 3.05. The number of nitrogens with one attached hydrogen (secondary N) is 2. The van der Waals surface area contributed by atoms with Crippen molar-refractivity contribution >= 4 is 33.2 Å². The summed E-state index contributed by atoms with van der Waals surface area (Å²) in [5.74, 6) is -0.419. The molecule has 2 aromatic rings. The number of aryl methyl sites for hydroxylation is 1. The van der Waals surface area contributed by atoms with E-state index in [1.165, 1.54) is 30.8 Å². The quantitative estimate of drug-likeness (QED) is 0.856. The normalized spacial score (nSPS) is 14.0. The zero-order valence-electron chi connectivity index (χ0n) is 13.8. The Morgan fingerprint density at radius 1 is 1.12 bits per heavy atom. The van der Waals surface area contributed by atoms with Gasteiger partial charge in [0.05, 0.1) is 15.5 Å². The summed E-state index contributed by atoms with van der Waals surface area (Å²) in [6, 6.07) is 9.94. The van der Waals surface area contributed by atoms with Gasteiger partial charge in [-0.05, 0) is 68.1 Å². The molecule has 0 radical (unpaired) electrons. The van der Waals surface area contributed by atoms with Gasteiger partial charge in [-0.2, -0.15) is 0 Å². The summed E-state index contributed by atoms with van der Waals surface area (Å²) >= 11 is 6.12. The first kappa shape index (κ1) is 17.9. The van der Waals surface area contributed by atoms with Gasteiger partial charge in [0, 0.05) is 5.69 Å². The number of halogens is 1. The lowest BCUT2D eigenvalue weighted by Crippen LogP contribution is -2.20. The highest BCUT2D eigenvalue weighted by Crippen LogP contribution is 2.29. The molecular formula is C18H19ClN2O3S. The monoisotopic (exact) mass is 378 g/mol. The molecule has 0 saturated heterocycles. The molecule has 5 nitrogen and oxygen atoms in total. The highest BCUT2D eigenvalue weighted by molar-refractivity contribution is 7.89. The molecule has 132 valence electrons. The van der Waals surface area contributed by atoms with Gasteiger partial charge in [-0.15, -0.1) is 0 Å². The standard InChI is InChI=1S/C18H19ClN2O3S/c1-20-25(23,24)13-9-10-16(19)15(11-13)18(22)21-17-8-4-6-12-5-2-3-7-14(12)17/h4,6,8-11,20H,2-3,5,7H2,1H3,(H,21,22). The van der Waals surface area contributed by atoms with Crippen molar-refractivity contribution in [3.63, 3.8) is 0 Å². The Morgan fingerprint density at radius 3 is 2.64 bits per heavy atom. The van der Waals surface area contributed by atoms with Gasteiger partial charge in [0.1, 0.15) is 0 Å². The zero-order valence-corrected chi connectivity index (χ0v) is 15.4. The van der Waals surface area contributed by atoms with Crippen LogP contribution in [0.25, 0.3) is 0 Å². The number of carbonyl (C=O) groups excluding carboxylic acids is 1. The van der Waals surface area contributed by atoms with Crippen molar-refractivity contribution in [3.8, 4) is 0 Å². The minimum absolute atomic E-state index is 0.000333. The molecule has 7 heteroatoms. The minimum atomic E-state index is -3.65. The van der Waals surface area contributed by atoms with Crippen molar-refractivity contribution in [2.75, 3.05) is 12.4 Å². The molecule has 0 saturated carbocycles. The lowest BCUT2D eigenvalue weighted by Gasteiger charge is -2.19. The van der Waals surface area contributed by atoms with Gasteiger partial charge in [-0.25, -0.2) is 13.1 Å². The van der Waals surface area contributed by atoms with Gasteiger partial charge in [0.25, 0.3) is 5.91 Å². The number of rotatable bonds is 4. The van der Waals surface area contributed by atoms with Crippen LogP contribution < -0.4 is 10.0 Å². The maximum absolute atomic E-state index is 12.7. The Hall–Kier alpha value is -1.89. The van der Waals surface area contributed by atoms with Crippen LogP contribution in [0.15, 0.2) is 41.3 Å². The summed E-state index contributed by atoms with van der Waals surface area (Å²) in [4.78, 5) is 12.7. The zero-order chi connectivity index (χ0) is 18.0. The average molecular weight is 379 g/mol. The number of hydrogen-bond acceptors (Lipinski definition) is 3. The third-order valence-corrected chi connectivity index (χ3v) is 6.15. The summed E-state index contributed by atoms with van der Waals surface area (Å²) < 4.78 is 26.1. The first-order chi connectivity index (χ1) is 11.9. The van der Waals surface area contributed by atoms with Gasteiger partial charge >= 0.3 is 0 Å². The molecule has 0 atom stereocenters. The van der Waals surface area contributed by atoms with Gasteiger partial charge in [0.15, 0.2) is 0 Å². The molecule has 0 bridgehead atoms. The van der Waals surface area contributed by atoms with E-state index in [4.69, 9.17) is 11.6 Å². The van der Waals surface area contributed by atoms with Crippen LogP contribution in [0.1, 0.15) is 34.3 Å². The predicted octanol–water partition coefficient (Wildman–Crippen LogP) is 3.38. The number of anilines is 1. The van der Waals surface area contributed by atoms with Crippen molar-refractivity contribution < 1.29 is 13.2 Å². The highest BCUT2D eigenvalue weighted by atomic mass is 35.5. The molecule has 1 aliphatic rings. The van der Waals surface area contributed by atoms with Crippen LogP contribution in [-0.2, 0) is 22.9 Å². The predicted molar refractivity (Wildman–Crippen MR) is 98.7 cm³/mol. The summed E-state index contributed by atoms with van der Waals surface area (Å²) in [5.41, 5.74) is 3.30. The average Bonchev–Trinajstić information content (AvgIpc) is 2.62. The molecule has 0 spiro atoms. The minimum Gasteiger partial charge on any atom is -0.322 e. The molecule has 25 heavy (non-hydrogen) atoms. The Morgan fingerprint density at radius 2 is 1.88 bits per heavy atom. The first-order valence-corrected chi connectivity index (χ1v) is 9.93. The van der Waals surface area contributed by atoms with Crippen LogP contribution >= 0.6 is 11.6 Å². The summed E-state index contributed by atoms with van der Waals surface area (Å²) in [6.45, 7) is 0. The van der Waals surface area contributed by atoms with Gasteiger partial charge in [-0.3, -0.25) is 4.79 Å². The molecule has 1 amide bonds. The second kappa shape index (κ2) is 7.15. The Kier molecular flexibility index (Phi) is 5.13. The second-order valence-corrected chi connectivity index (χ2v) is 8.25. The lowest BCUT2D eigenvalue weighted by atomic mass is 9.90. The molecule has 0 fully saturated rings. The molecule has 2 aromatic carbocycles. The van der Waals surface area contributed by atoms with Crippen LogP contribution in [0.2, 0.25) is 5.02 Å². The van der Waals surface area contributed by atoms with Crippen LogP contribution in [0.4, 0.5) is 5.69 Å². The number of fused-ring (bicyclic) bond motifs is 1. The van der Waals surface area contributed by atoms with E-state index in [1.807, 2.05) is 12.1 Å². The summed E-state index contributed by atoms with van der Waals surface area (Å²) in [5, 5.41) is 3.09. The maximum Gasteiger partial charge on any atom is 0.257 e. The fourth-order valence-corrected chi connectivity index (χ4v) is 4.01. The van der Waals surface area contributed by atoms with E-state index in [1.54, 1.807) is 0 Å². The van der Waals surface area contributed by atoms with Crippen molar-refractivity contribution in [2.45, 2.75) is 30.6 Å². The molecule has 3 rings (SSSR count). The van der Waals surface area contributed by atoms with E-state index in [2.05, 4.69) is 16.1 Å². The third kappa shape index (κ3) is 3.71. The smallest absolute Gasteiger partial charge is 0.257 e. The lowest BCUT2D eigenvalue weighted by molar-refractivity contribution is 0.102. The van der Waals surface area contributed by atoms with Crippen molar-refractivity contribution in [2.24, 2.45) is 0 Å². The summed E-state index contributed by atoms with van der Waals surface area (Å²) in [7, 11) is -2.33. The SMILES string of the molecule is CNS(=O)(=O)c1ccc(Cl)c(C(=O)Nc2cccc3c2CCCC3)c1. The molecule has 1 aliphatic carbocycles. The first-order valence-electron chi connectivity index (χ1n) is 8.07. The van der Waals surface area contributed by atoms with E-state index in [-0.39, 0.29) is 15.5 Å². The highest BCUT2D eigenvalue weighted by Gasteiger charge is 2.19. The number of amides is 1. The Labute approximate surface area is 152 Å². The van der Waals surface area contributed by atoms with Crippen LogP contribution in [0.3, 0.4) is 0 Å². The Balaban J connectivity index is 1.93. The van der Waals surface area contributed by atoms with Gasteiger partial charge in [-0.1, -0.05) is 23.7 Å². The van der Waals surface area contributed by atoms with Crippen LogP contribution in [-0.4, -0.2) is 21.4 Å². The van der Waals surface area contributed by atoms with E-state index in [9.17, 15) is 13.2 Å². The number of hydrogen-bond donors (Lipinski definition) is 2. The van der Waals surface area contributed by atoms with Crippen molar-refractivity contribution in [3.05, 3.63) is 58.1 Å².